The molecular formula is C17H22N4O2. The molecular weight excluding hydrogens is 292 g/mol. The van der Waals surface area contributed by atoms with Crippen LogP contribution in [0.1, 0.15) is 36.7 Å². The van der Waals surface area contributed by atoms with Gasteiger partial charge in [0, 0.05) is 12.2 Å². The second-order valence-corrected chi connectivity index (χ2v) is 5.10. The number of aromatic nitrogens is 2. The largest absolute Gasteiger partial charge is 0.497 e. The second kappa shape index (κ2) is 8.73. The van der Waals surface area contributed by atoms with Crippen molar-refractivity contribution in [3.05, 3.63) is 42.4 Å². The number of methoxy groups -OCH3 is 1. The first kappa shape index (κ1) is 16.7. The first-order valence-corrected chi connectivity index (χ1v) is 7.74. The van der Waals surface area contributed by atoms with Crippen LogP contribution in [0.3, 0.4) is 0 Å². The smallest absolute Gasteiger partial charge is 0.271 e. The van der Waals surface area contributed by atoms with E-state index in [1.165, 1.54) is 6.20 Å². The molecule has 2 N–H and O–H groups in total. The fraction of sp³-hybridized carbons (Fsp3) is 0.353. The average Bonchev–Trinajstić information content (AvgIpc) is 2.60. The molecule has 1 aromatic carbocycles. The van der Waals surface area contributed by atoms with Crippen molar-refractivity contribution in [3.8, 4) is 5.75 Å². The summed E-state index contributed by atoms with van der Waals surface area (Å²) in [4.78, 5) is 20.3. The summed E-state index contributed by atoms with van der Waals surface area (Å²) in [5.41, 5.74) is 1.19. The van der Waals surface area contributed by atoms with Gasteiger partial charge < -0.3 is 15.4 Å². The van der Waals surface area contributed by atoms with Gasteiger partial charge in [-0.05, 0) is 30.7 Å². The van der Waals surface area contributed by atoms with Gasteiger partial charge in [-0.2, -0.15) is 0 Å². The van der Waals surface area contributed by atoms with Crippen LogP contribution in [0.25, 0.3) is 0 Å². The minimum absolute atomic E-state index is 0.190. The van der Waals surface area contributed by atoms with Crippen molar-refractivity contribution in [3.63, 3.8) is 0 Å². The Labute approximate surface area is 136 Å². The predicted octanol–water partition coefficient (Wildman–Crippen LogP) is 3.15. The molecule has 0 bridgehead atoms. The van der Waals surface area contributed by atoms with Crippen molar-refractivity contribution in [1.82, 2.24) is 15.3 Å². The number of carbonyl (C=O) groups is 1. The third-order valence-electron chi connectivity index (χ3n) is 3.31. The van der Waals surface area contributed by atoms with Crippen LogP contribution >= 0.6 is 0 Å². The van der Waals surface area contributed by atoms with E-state index in [4.69, 9.17) is 4.74 Å². The Kier molecular flexibility index (Phi) is 6.35. The van der Waals surface area contributed by atoms with Crippen molar-refractivity contribution in [1.29, 1.82) is 0 Å². The molecule has 2 rings (SSSR count). The quantitative estimate of drug-likeness (QED) is 0.732. The number of carbonyl (C=O) groups excluding carboxylic acids is 1. The molecule has 0 radical (unpaired) electrons. The number of anilines is 2. The van der Waals surface area contributed by atoms with Gasteiger partial charge in [0.1, 0.15) is 17.3 Å². The molecule has 1 amide bonds. The van der Waals surface area contributed by atoms with Crippen molar-refractivity contribution < 1.29 is 9.53 Å². The summed E-state index contributed by atoms with van der Waals surface area (Å²) >= 11 is 0. The summed E-state index contributed by atoms with van der Waals surface area (Å²) in [7, 11) is 1.62. The molecule has 0 saturated heterocycles. The van der Waals surface area contributed by atoms with E-state index in [1.807, 2.05) is 24.3 Å². The third kappa shape index (κ3) is 5.25. The van der Waals surface area contributed by atoms with Gasteiger partial charge in [-0.15, -0.1) is 0 Å². The molecule has 6 nitrogen and oxygen atoms in total. The van der Waals surface area contributed by atoms with Crippen LogP contribution < -0.4 is 15.4 Å². The number of nitrogens with zero attached hydrogens (tertiary/aromatic N) is 2. The number of amides is 1. The van der Waals surface area contributed by atoms with Crippen molar-refractivity contribution >= 4 is 17.4 Å². The molecule has 0 saturated carbocycles. The molecule has 0 fully saturated rings. The summed E-state index contributed by atoms with van der Waals surface area (Å²) in [6.07, 6.45) is 6.23. The van der Waals surface area contributed by atoms with Gasteiger partial charge in [0.2, 0.25) is 0 Å². The van der Waals surface area contributed by atoms with Crippen LogP contribution in [0, 0.1) is 0 Å². The van der Waals surface area contributed by atoms with Gasteiger partial charge >= 0.3 is 0 Å². The first-order valence-electron chi connectivity index (χ1n) is 7.74. The summed E-state index contributed by atoms with van der Waals surface area (Å²) in [5.74, 6) is 1.18. The number of benzene rings is 1. The Bertz CT molecular complexity index is 611. The highest BCUT2D eigenvalue weighted by molar-refractivity contribution is 5.92. The molecule has 0 unspecified atom stereocenters. The van der Waals surface area contributed by atoms with Crippen LogP contribution in [0.4, 0.5) is 11.5 Å². The summed E-state index contributed by atoms with van der Waals surface area (Å²) < 4.78 is 5.11. The minimum atomic E-state index is -0.190. The molecule has 0 aliphatic rings. The molecule has 0 aliphatic heterocycles. The van der Waals surface area contributed by atoms with Crippen molar-refractivity contribution in [2.75, 3.05) is 19.0 Å². The third-order valence-corrected chi connectivity index (χ3v) is 3.31. The van der Waals surface area contributed by atoms with Gasteiger partial charge in [-0.3, -0.25) is 4.79 Å². The lowest BCUT2D eigenvalue weighted by molar-refractivity contribution is 0.0947. The van der Waals surface area contributed by atoms with Gasteiger partial charge in [0.15, 0.2) is 0 Å². The van der Waals surface area contributed by atoms with Crippen LogP contribution in [0.2, 0.25) is 0 Å². The standard InChI is InChI=1S/C17H22N4O2/c1-3-4-5-10-18-17(22)15-11-20-16(12-19-15)21-13-6-8-14(23-2)9-7-13/h6-9,11-12H,3-5,10H2,1-2H3,(H,18,22)(H,20,21). The number of hydrogen-bond acceptors (Lipinski definition) is 5. The first-order chi connectivity index (χ1) is 11.2. The maximum absolute atomic E-state index is 11.9. The molecule has 6 heteroatoms. The normalized spacial score (nSPS) is 10.2. The Hall–Kier alpha value is -2.63. The average molecular weight is 314 g/mol. The van der Waals surface area contributed by atoms with Gasteiger partial charge in [-0.25, -0.2) is 9.97 Å². The fourth-order valence-electron chi connectivity index (χ4n) is 2.00. The van der Waals surface area contributed by atoms with Gasteiger partial charge in [-0.1, -0.05) is 19.8 Å². The highest BCUT2D eigenvalue weighted by Crippen LogP contribution is 2.18. The molecule has 0 aliphatic carbocycles. The van der Waals surface area contributed by atoms with Crippen molar-refractivity contribution in [2.45, 2.75) is 26.2 Å². The predicted molar refractivity (Wildman–Crippen MR) is 90.2 cm³/mol. The minimum Gasteiger partial charge on any atom is -0.497 e. The topological polar surface area (TPSA) is 76.1 Å². The van der Waals surface area contributed by atoms with E-state index in [-0.39, 0.29) is 5.91 Å². The summed E-state index contributed by atoms with van der Waals surface area (Å²) in [6, 6.07) is 7.48. The maximum atomic E-state index is 11.9. The number of ether oxygens (including phenoxy) is 1. The summed E-state index contributed by atoms with van der Waals surface area (Å²) in [5, 5.41) is 5.96. The fourth-order valence-corrected chi connectivity index (χ4v) is 2.00. The van der Waals surface area contributed by atoms with Crippen molar-refractivity contribution in [2.24, 2.45) is 0 Å². The molecule has 0 spiro atoms. The van der Waals surface area contributed by atoms with E-state index in [2.05, 4.69) is 27.5 Å². The van der Waals surface area contributed by atoms with Gasteiger partial charge in [0.05, 0.1) is 19.5 Å². The molecule has 1 heterocycles. The highest BCUT2D eigenvalue weighted by atomic mass is 16.5. The number of nitrogens with one attached hydrogen (secondary N) is 2. The van der Waals surface area contributed by atoms with E-state index < -0.39 is 0 Å². The molecule has 122 valence electrons. The van der Waals surface area contributed by atoms with E-state index in [9.17, 15) is 4.79 Å². The monoisotopic (exact) mass is 314 g/mol. The molecule has 2 aromatic rings. The molecule has 23 heavy (non-hydrogen) atoms. The zero-order valence-electron chi connectivity index (χ0n) is 13.5. The van der Waals surface area contributed by atoms with E-state index in [1.54, 1.807) is 13.3 Å². The maximum Gasteiger partial charge on any atom is 0.271 e. The van der Waals surface area contributed by atoms with Crippen LogP contribution in [-0.4, -0.2) is 29.5 Å². The number of unbranched alkanes of at least 4 members (excludes halogenated alkanes) is 2. The Morgan fingerprint density at radius 3 is 2.52 bits per heavy atom. The SMILES string of the molecule is CCCCCNC(=O)c1cnc(Nc2ccc(OC)cc2)cn1. The summed E-state index contributed by atoms with van der Waals surface area (Å²) in [6.45, 7) is 2.79. The second-order valence-electron chi connectivity index (χ2n) is 5.10. The van der Waals surface area contributed by atoms with E-state index in [0.29, 0.717) is 18.1 Å². The van der Waals surface area contributed by atoms with E-state index in [0.717, 1.165) is 30.7 Å². The van der Waals surface area contributed by atoms with Crippen LogP contribution in [-0.2, 0) is 0 Å². The molecule has 1 aromatic heterocycles. The zero-order chi connectivity index (χ0) is 16.5. The Balaban J connectivity index is 1.89. The van der Waals surface area contributed by atoms with Gasteiger partial charge in [0.25, 0.3) is 5.91 Å². The lowest BCUT2D eigenvalue weighted by Crippen LogP contribution is -2.25. The highest BCUT2D eigenvalue weighted by Gasteiger charge is 2.07. The molecule has 0 atom stereocenters. The van der Waals surface area contributed by atoms with Crippen LogP contribution in [0.5, 0.6) is 5.75 Å². The number of rotatable bonds is 8. The Morgan fingerprint density at radius 2 is 1.91 bits per heavy atom. The number of hydrogen-bond donors (Lipinski definition) is 2. The zero-order valence-corrected chi connectivity index (χ0v) is 13.5. The van der Waals surface area contributed by atoms with E-state index >= 15 is 0 Å². The van der Waals surface area contributed by atoms with Crippen LogP contribution in [0.15, 0.2) is 36.7 Å². The Morgan fingerprint density at radius 1 is 1.13 bits per heavy atom. The lowest BCUT2D eigenvalue weighted by atomic mass is 10.2. The lowest BCUT2D eigenvalue weighted by Gasteiger charge is -2.07.